The molecule has 1 N–H and O–H groups in total. The maximum absolute atomic E-state index is 4.68. The average Bonchev–Trinajstić information content (AvgIpc) is 2.80. The Hall–Kier alpha value is -0.410. The molecule has 0 saturated heterocycles. The predicted molar refractivity (Wildman–Crippen MR) is 88.4 cm³/mol. The largest absolute Gasteiger partial charge is 0.313 e. The van der Waals surface area contributed by atoms with E-state index in [4.69, 9.17) is 0 Å². The summed E-state index contributed by atoms with van der Waals surface area (Å²) >= 11 is 1.78. The van der Waals surface area contributed by atoms with E-state index in [1.807, 2.05) is 0 Å². The minimum absolute atomic E-state index is 0.467. The molecule has 1 fully saturated rings. The number of nitrogens with one attached hydrogen (secondary N) is 1. The summed E-state index contributed by atoms with van der Waals surface area (Å²) in [6.45, 7) is 10.4. The molecule has 2 rings (SSSR count). The van der Waals surface area contributed by atoms with Crippen molar-refractivity contribution >= 4 is 11.3 Å². The second-order valence-corrected chi connectivity index (χ2v) is 8.03. The van der Waals surface area contributed by atoms with Gasteiger partial charge < -0.3 is 5.32 Å². The summed E-state index contributed by atoms with van der Waals surface area (Å²) in [7, 11) is 0. The third-order valence-corrected chi connectivity index (χ3v) is 5.65. The Labute approximate surface area is 128 Å². The van der Waals surface area contributed by atoms with Crippen molar-refractivity contribution in [1.29, 1.82) is 0 Å². The van der Waals surface area contributed by atoms with Crippen molar-refractivity contribution in [2.24, 2.45) is 11.3 Å². The standard InChI is InChI=1S/C17H30N2S/c1-5-10-18-16(11-14-12-20-13(2)19-14)15-8-6-7-9-17(15,3)4/h12,15-16,18H,5-11H2,1-4H3. The van der Waals surface area contributed by atoms with Gasteiger partial charge in [-0.15, -0.1) is 11.3 Å². The molecule has 1 aliphatic carbocycles. The predicted octanol–water partition coefficient (Wildman–Crippen LogP) is 4.58. The summed E-state index contributed by atoms with van der Waals surface area (Å²) < 4.78 is 0. The number of aryl methyl sites for hydroxylation is 1. The molecule has 0 aliphatic heterocycles. The van der Waals surface area contributed by atoms with Crippen molar-refractivity contribution in [1.82, 2.24) is 10.3 Å². The molecule has 2 unspecified atom stereocenters. The number of rotatable bonds is 6. The molecule has 20 heavy (non-hydrogen) atoms. The van der Waals surface area contributed by atoms with Crippen LogP contribution in [0.5, 0.6) is 0 Å². The summed E-state index contributed by atoms with van der Waals surface area (Å²) in [4.78, 5) is 4.68. The summed E-state index contributed by atoms with van der Waals surface area (Å²) in [5.41, 5.74) is 1.75. The minimum atomic E-state index is 0.467. The second-order valence-electron chi connectivity index (χ2n) is 6.96. The molecule has 2 atom stereocenters. The molecule has 0 aromatic carbocycles. The van der Waals surface area contributed by atoms with Crippen LogP contribution in [-0.4, -0.2) is 17.6 Å². The summed E-state index contributed by atoms with van der Waals surface area (Å²) in [5.74, 6) is 0.782. The number of nitrogens with zero attached hydrogens (tertiary/aromatic N) is 1. The van der Waals surface area contributed by atoms with Crippen molar-refractivity contribution in [3.63, 3.8) is 0 Å². The quantitative estimate of drug-likeness (QED) is 0.830. The third-order valence-electron chi connectivity index (χ3n) is 4.83. The lowest BCUT2D eigenvalue weighted by atomic mass is 9.65. The Balaban J connectivity index is 2.09. The van der Waals surface area contributed by atoms with Gasteiger partial charge in [0.15, 0.2) is 0 Å². The van der Waals surface area contributed by atoms with E-state index in [0.29, 0.717) is 11.5 Å². The molecular formula is C17H30N2S. The van der Waals surface area contributed by atoms with Crippen molar-refractivity contribution < 1.29 is 0 Å². The highest BCUT2D eigenvalue weighted by Gasteiger charge is 2.37. The number of aromatic nitrogens is 1. The van der Waals surface area contributed by atoms with Crippen molar-refractivity contribution in [3.05, 3.63) is 16.1 Å². The monoisotopic (exact) mass is 294 g/mol. The van der Waals surface area contributed by atoms with Crippen molar-refractivity contribution in [2.45, 2.75) is 72.3 Å². The van der Waals surface area contributed by atoms with Gasteiger partial charge in [-0.25, -0.2) is 4.98 Å². The molecule has 1 saturated carbocycles. The van der Waals surface area contributed by atoms with E-state index < -0.39 is 0 Å². The van der Waals surface area contributed by atoms with Gasteiger partial charge in [-0.05, 0) is 44.1 Å². The van der Waals surface area contributed by atoms with Crippen LogP contribution < -0.4 is 5.32 Å². The molecule has 1 aromatic rings. The van der Waals surface area contributed by atoms with Crippen LogP contribution in [0.3, 0.4) is 0 Å². The fraction of sp³-hybridized carbons (Fsp3) is 0.824. The minimum Gasteiger partial charge on any atom is -0.313 e. The molecule has 1 aromatic heterocycles. The van der Waals surface area contributed by atoms with E-state index in [9.17, 15) is 0 Å². The molecule has 0 bridgehead atoms. The summed E-state index contributed by atoms with van der Waals surface area (Å²) in [5, 5.41) is 7.25. The van der Waals surface area contributed by atoms with Crippen LogP contribution in [-0.2, 0) is 6.42 Å². The van der Waals surface area contributed by atoms with Crippen LogP contribution in [0.15, 0.2) is 5.38 Å². The lowest BCUT2D eigenvalue weighted by molar-refractivity contribution is 0.0978. The Morgan fingerprint density at radius 1 is 1.45 bits per heavy atom. The topological polar surface area (TPSA) is 24.9 Å². The fourth-order valence-electron chi connectivity index (χ4n) is 3.68. The molecule has 0 spiro atoms. The van der Waals surface area contributed by atoms with E-state index >= 15 is 0 Å². The molecule has 2 nitrogen and oxygen atoms in total. The lowest BCUT2D eigenvalue weighted by Crippen LogP contribution is -2.46. The first-order chi connectivity index (χ1) is 9.53. The SMILES string of the molecule is CCCNC(Cc1csc(C)n1)C1CCCCC1(C)C. The zero-order chi connectivity index (χ0) is 14.6. The number of hydrogen-bond donors (Lipinski definition) is 1. The molecule has 1 aliphatic rings. The van der Waals surface area contributed by atoms with Gasteiger partial charge in [0, 0.05) is 17.8 Å². The zero-order valence-corrected chi connectivity index (χ0v) is 14.4. The first-order valence-electron chi connectivity index (χ1n) is 8.17. The molecule has 114 valence electrons. The molecule has 1 heterocycles. The number of hydrogen-bond acceptors (Lipinski definition) is 3. The van der Waals surface area contributed by atoms with Crippen LogP contribution in [0, 0.1) is 18.3 Å². The molecule has 0 radical (unpaired) electrons. The smallest absolute Gasteiger partial charge is 0.0897 e. The first-order valence-corrected chi connectivity index (χ1v) is 9.05. The summed E-state index contributed by atoms with van der Waals surface area (Å²) in [6.07, 6.45) is 7.85. The molecular weight excluding hydrogens is 264 g/mol. The van der Waals surface area contributed by atoms with Crippen LogP contribution in [0.2, 0.25) is 0 Å². The first kappa shape index (κ1) is 16.0. The van der Waals surface area contributed by atoms with Gasteiger partial charge in [0.2, 0.25) is 0 Å². The Morgan fingerprint density at radius 2 is 2.25 bits per heavy atom. The van der Waals surface area contributed by atoms with Crippen molar-refractivity contribution in [3.8, 4) is 0 Å². The highest BCUT2D eigenvalue weighted by molar-refractivity contribution is 7.09. The van der Waals surface area contributed by atoms with Gasteiger partial charge in [-0.3, -0.25) is 0 Å². The van der Waals surface area contributed by atoms with Gasteiger partial charge in [-0.2, -0.15) is 0 Å². The maximum Gasteiger partial charge on any atom is 0.0897 e. The molecule has 3 heteroatoms. The maximum atomic E-state index is 4.68. The highest BCUT2D eigenvalue weighted by Crippen LogP contribution is 2.43. The third kappa shape index (κ3) is 4.05. The lowest BCUT2D eigenvalue weighted by Gasteiger charge is -2.43. The van der Waals surface area contributed by atoms with Crippen molar-refractivity contribution in [2.75, 3.05) is 6.54 Å². The van der Waals surface area contributed by atoms with Gasteiger partial charge >= 0.3 is 0 Å². The fourth-order valence-corrected chi connectivity index (χ4v) is 4.31. The van der Waals surface area contributed by atoms with Crippen LogP contribution in [0.25, 0.3) is 0 Å². The number of thiazole rings is 1. The van der Waals surface area contributed by atoms with Crippen LogP contribution in [0.1, 0.15) is 63.6 Å². The van der Waals surface area contributed by atoms with Crippen LogP contribution in [0.4, 0.5) is 0 Å². The Bertz CT molecular complexity index is 411. The Kier molecular flexibility index (Phi) is 5.62. The van der Waals surface area contributed by atoms with E-state index in [-0.39, 0.29) is 0 Å². The zero-order valence-electron chi connectivity index (χ0n) is 13.5. The van der Waals surface area contributed by atoms with Gasteiger partial charge in [0.1, 0.15) is 0 Å². The van der Waals surface area contributed by atoms with Gasteiger partial charge in [0.25, 0.3) is 0 Å². The highest BCUT2D eigenvalue weighted by atomic mass is 32.1. The Morgan fingerprint density at radius 3 is 2.85 bits per heavy atom. The second kappa shape index (κ2) is 7.04. The normalized spacial score (nSPS) is 23.7. The van der Waals surface area contributed by atoms with E-state index in [0.717, 1.165) is 18.9 Å². The van der Waals surface area contributed by atoms with E-state index in [2.05, 4.69) is 43.4 Å². The van der Waals surface area contributed by atoms with Gasteiger partial charge in [0.05, 0.1) is 10.7 Å². The average molecular weight is 295 g/mol. The van der Waals surface area contributed by atoms with E-state index in [1.165, 1.54) is 42.8 Å². The molecule has 0 amide bonds. The van der Waals surface area contributed by atoms with E-state index in [1.54, 1.807) is 11.3 Å². The summed E-state index contributed by atoms with van der Waals surface area (Å²) in [6, 6.07) is 0.590. The van der Waals surface area contributed by atoms with Gasteiger partial charge in [-0.1, -0.05) is 33.6 Å². The van der Waals surface area contributed by atoms with Crippen LogP contribution >= 0.6 is 11.3 Å².